The number of amides is 1. The molecule has 0 atom stereocenters. The van der Waals surface area contributed by atoms with E-state index in [1.807, 2.05) is 37.9 Å². The summed E-state index contributed by atoms with van der Waals surface area (Å²) in [7, 11) is 0. The average Bonchev–Trinajstić information content (AvgIpc) is 3.07. The van der Waals surface area contributed by atoms with Gasteiger partial charge in [-0.3, -0.25) is 9.79 Å². The molecule has 2 aromatic rings. The van der Waals surface area contributed by atoms with Crippen molar-refractivity contribution < 1.29 is 4.79 Å². The van der Waals surface area contributed by atoms with Crippen LogP contribution in [0, 0.1) is 6.92 Å². The highest BCUT2D eigenvalue weighted by molar-refractivity contribution is 14.0. The summed E-state index contributed by atoms with van der Waals surface area (Å²) in [6.07, 6.45) is 5.33. The summed E-state index contributed by atoms with van der Waals surface area (Å²) in [5.74, 6) is 0.893. The van der Waals surface area contributed by atoms with Gasteiger partial charge in [0.05, 0.1) is 12.2 Å². The maximum atomic E-state index is 12.1. The van der Waals surface area contributed by atoms with E-state index in [0.29, 0.717) is 13.0 Å². The van der Waals surface area contributed by atoms with Gasteiger partial charge in [0.15, 0.2) is 5.96 Å². The van der Waals surface area contributed by atoms with Crippen LogP contribution in [0.5, 0.6) is 0 Å². The van der Waals surface area contributed by atoms with Gasteiger partial charge in [-0.25, -0.2) is 4.98 Å². The standard InChI is InChI=1S/C20H32N6O.HI/c1-5-21-20(23-13-11-18(27)25(6-2)7-3)22-12-10-17-15-26-14-8-9-16(4)19(26)24-17;/h8-9,14-15H,5-7,10-13H2,1-4H3,(H2,21,22,23);1H. The predicted octanol–water partition coefficient (Wildman–Crippen LogP) is 2.62. The van der Waals surface area contributed by atoms with E-state index in [4.69, 9.17) is 4.98 Å². The predicted molar refractivity (Wildman–Crippen MR) is 126 cm³/mol. The van der Waals surface area contributed by atoms with Gasteiger partial charge < -0.3 is 19.9 Å². The third-order valence-electron chi connectivity index (χ3n) is 4.46. The number of aryl methyl sites for hydroxylation is 1. The first kappa shape index (κ1) is 24.2. The van der Waals surface area contributed by atoms with Crippen LogP contribution in [-0.4, -0.2) is 58.9 Å². The normalized spacial score (nSPS) is 11.2. The van der Waals surface area contributed by atoms with E-state index >= 15 is 0 Å². The first-order chi connectivity index (χ1) is 13.1. The molecule has 2 rings (SSSR count). The van der Waals surface area contributed by atoms with Gasteiger partial charge in [0.25, 0.3) is 0 Å². The van der Waals surface area contributed by atoms with Crippen molar-refractivity contribution in [1.82, 2.24) is 24.9 Å². The van der Waals surface area contributed by atoms with Gasteiger partial charge in [0.2, 0.25) is 5.91 Å². The number of halogens is 1. The summed E-state index contributed by atoms with van der Waals surface area (Å²) in [6.45, 7) is 11.6. The highest BCUT2D eigenvalue weighted by Gasteiger charge is 2.09. The maximum absolute atomic E-state index is 12.1. The van der Waals surface area contributed by atoms with E-state index in [0.717, 1.165) is 49.9 Å². The summed E-state index contributed by atoms with van der Waals surface area (Å²) in [6, 6.07) is 4.10. The van der Waals surface area contributed by atoms with Crippen molar-refractivity contribution in [3.05, 3.63) is 35.8 Å². The second-order valence-corrected chi connectivity index (χ2v) is 6.41. The Labute approximate surface area is 185 Å². The van der Waals surface area contributed by atoms with Gasteiger partial charge in [0, 0.05) is 51.4 Å². The zero-order valence-corrected chi connectivity index (χ0v) is 19.7. The molecule has 2 heterocycles. The molecule has 0 spiro atoms. The number of aliphatic imine (C=N–C) groups is 1. The van der Waals surface area contributed by atoms with Crippen LogP contribution in [0.15, 0.2) is 29.5 Å². The number of carbonyl (C=O) groups is 1. The van der Waals surface area contributed by atoms with Gasteiger partial charge in [0.1, 0.15) is 5.65 Å². The third kappa shape index (κ3) is 6.96. The quantitative estimate of drug-likeness (QED) is 0.316. The monoisotopic (exact) mass is 500 g/mol. The van der Waals surface area contributed by atoms with Crippen molar-refractivity contribution in [1.29, 1.82) is 0 Å². The van der Waals surface area contributed by atoms with Crippen LogP contribution in [0.3, 0.4) is 0 Å². The van der Waals surface area contributed by atoms with Crippen molar-refractivity contribution in [2.45, 2.75) is 40.5 Å². The molecule has 0 unspecified atom stereocenters. The molecule has 8 heteroatoms. The summed E-state index contributed by atoms with van der Waals surface area (Å²) in [5, 5.41) is 6.55. The van der Waals surface area contributed by atoms with E-state index in [1.165, 1.54) is 5.56 Å². The van der Waals surface area contributed by atoms with Gasteiger partial charge in [-0.05, 0) is 39.3 Å². The van der Waals surface area contributed by atoms with E-state index in [1.54, 1.807) is 0 Å². The number of hydrogen-bond donors (Lipinski definition) is 2. The average molecular weight is 500 g/mol. The Morgan fingerprint density at radius 3 is 2.64 bits per heavy atom. The van der Waals surface area contributed by atoms with Crippen molar-refractivity contribution in [3.63, 3.8) is 0 Å². The first-order valence-electron chi connectivity index (χ1n) is 9.82. The zero-order valence-electron chi connectivity index (χ0n) is 17.4. The van der Waals surface area contributed by atoms with Crippen molar-refractivity contribution in [2.75, 3.05) is 32.7 Å². The molecule has 7 nitrogen and oxygen atoms in total. The molecule has 2 N–H and O–H groups in total. The highest BCUT2D eigenvalue weighted by atomic mass is 127. The summed E-state index contributed by atoms with van der Waals surface area (Å²) >= 11 is 0. The van der Waals surface area contributed by atoms with Crippen LogP contribution >= 0.6 is 24.0 Å². The Kier molecular flexibility index (Phi) is 10.9. The van der Waals surface area contributed by atoms with Crippen LogP contribution in [-0.2, 0) is 11.2 Å². The molecule has 2 aromatic heterocycles. The lowest BCUT2D eigenvalue weighted by atomic mass is 10.3. The molecule has 0 radical (unpaired) electrons. The van der Waals surface area contributed by atoms with Crippen LogP contribution in [0.1, 0.15) is 38.4 Å². The Morgan fingerprint density at radius 2 is 2.00 bits per heavy atom. The molecule has 0 fully saturated rings. The molecular weight excluding hydrogens is 467 g/mol. The van der Waals surface area contributed by atoms with Crippen molar-refractivity contribution in [3.8, 4) is 0 Å². The molecule has 0 aliphatic carbocycles. The molecule has 28 heavy (non-hydrogen) atoms. The van der Waals surface area contributed by atoms with E-state index in [2.05, 4.69) is 39.2 Å². The van der Waals surface area contributed by atoms with Crippen LogP contribution in [0.2, 0.25) is 0 Å². The lowest BCUT2D eigenvalue weighted by Crippen LogP contribution is -2.38. The van der Waals surface area contributed by atoms with Gasteiger partial charge >= 0.3 is 0 Å². The fourth-order valence-corrected chi connectivity index (χ4v) is 2.97. The smallest absolute Gasteiger partial charge is 0.224 e. The zero-order chi connectivity index (χ0) is 19.6. The number of fused-ring (bicyclic) bond motifs is 1. The molecule has 0 aliphatic rings. The molecule has 0 bridgehead atoms. The van der Waals surface area contributed by atoms with E-state index < -0.39 is 0 Å². The largest absolute Gasteiger partial charge is 0.357 e. The number of pyridine rings is 1. The summed E-state index contributed by atoms with van der Waals surface area (Å²) in [4.78, 5) is 23.1. The fraction of sp³-hybridized carbons (Fsp3) is 0.550. The Bertz CT molecular complexity index is 769. The lowest BCUT2D eigenvalue weighted by Gasteiger charge is -2.18. The number of hydrogen-bond acceptors (Lipinski definition) is 3. The molecule has 0 aliphatic heterocycles. The Hall–Kier alpha value is -1.84. The molecule has 0 aromatic carbocycles. The fourth-order valence-electron chi connectivity index (χ4n) is 2.97. The molecule has 0 saturated heterocycles. The number of guanidine groups is 1. The van der Waals surface area contributed by atoms with Gasteiger partial charge in [-0.2, -0.15) is 0 Å². The van der Waals surface area contributed by atoms with E-state index in [-0.39, 0.29) is 29.9 Å². The number of imidazole rings is 1. The number of nitrogens with zero attached hydrogens (tertiary/aromatic N) is 4. The van der Waals surface area contributed by atoms with Crippen LogP contribution < -0.4 is 10.6 Å². The number of carbonyl (C=O) groups excluding carboxylic acids is 1. The first-order valence-corrected chi connectivity index (χ1v) is 9.82. The number of rotatable bonds is 9. The lowest BCUT2D eigenvalue weighted by molar-refractivity contribution is -0.130. The van der Waals surface area contributed by atoms with Gasteiger partial charge in [-0.15, -0.1) is 24.0 Å². The summed E-state index contributed by atoms with van der Waals surface area (Å²) < 4.78 is 2.06. The minimum absolute atomic E-state index is 0. The van der Waals surface area contributed by atoms with Crippen LogP contribution in [0.25, 0.3) is 5.65 Å². The molecule has 1 amide bonds. The molecule has 0 saturated carbocycles. The SMILES string of the molecule is CCNC(=NCCC(=O)N(CC)CC)NCCc1cn2cccc(C)c2n1.I. The van der Waals surface area contributed by atoms with E-state index in [9.17, 15) is 4.79 Å². The molecular formula is C20H33IN6O. The Balaban J connectivity index is 0.00000392. The second-order valence-electron chi connectivity index (χ2n) is 6.41. The maximum Gasteiger partial charge on any atom is 0.224 e. The number of nitrogens with one attached hydrogen (secondary N) is 2. The molecule has 156 valence electrons. The van der Waals surface area contributed by atoms with Crippen LogP contribution in [0.4, 0.5) is 0 Å². The minimum Gasteiger partial charge on any atom is -0.357 e. The third-order valence-corrected chi connectivity index (χ3v) is 4.46. The number of aromatic nitrogens is 2. The summed E-state index contributed by atoms with van der Waals surface area (Å²) in [5.41, 5.74) is 3.22. The second kappa shape index (κ2) is 12.6. The Morgan fingerprint density at radius 1 is 1.25 bits per heavy atom. The minimum atomic E-state index is 0. The van der Waals surface area contributed by atoms with Crippen molar-refractivity contribution in [2.24, 2.45) is 4.99 Å². The van der Waals surface area contributed by atoms with Crippen molar-refractivity contribution >= 4 is 41.5 Å². The highest BCUT2D eigenvalue weighted by Crippen LogP contribution is 2.09. The topological polar surface area (TPSA) is 74.0 Å². The van der Waals surface area contributed by atoms with Gasteiger partial charge in [-0.1, -0.05) is 6.07 Å².